The van der Waals surface area contributed by atoms with Gasteiger partial charge in [0.1, 0.15) is 6.21 Å². The Morgan fingerprint density at radius 2 is 2.07 bits per heavy atom. The zero-order valence-corrected chi connectivity index (χ0v) is 8.75. The highest BCUT2D eigenvalue weighted by atomic mass is 79.9. The third-order valence-corrected chi connectivity index (χ3v) is 2.10. The molecule has 15 heavy (non-hydrogen) atoms. The first-order valence-corrected chi connectivity index (χ1v) is 4.47. The van der Waals surface area contributed by atoms with Gasteiger partial charge in [-0.05, 0) is 22.0 Å². The molecular formula is C8H5BrF2N2O2. The van der Waals surface area contributed by atoms with Crippen LogP contribution < -0.4 is 5.32 Å². The number of halogens is 3. The van der Waals surface area contributed by atoms with E-state index in [1.165, 1.54) is 0 Å². The third-order valence-electron chi connectivity index (χ3n) is 1.44. The van der Waals surface area contributed by atoms with E-state index in [4.69, 9.17) is 5.21 Å². The molecule has 2 N–H and O–H groups in total. The van der Waals surface area contributed by atoms with E-state index in [1.807, 2.05) is 0 Å². The van der Waals surface area contributed by atoms with Gasteiger partial charge in [0.15, 0.2) is 11.6 Å². The Balaban J connectivity index is 2.95. The standard InChI is InChI=1S/C8H5BrF2N2O2/c9-4-1-5(10)6(11)2-7(4)13-8(14)3-12-15/h1-3,15H,(H,13,14)/b12-3+. The molecule has 1 amide bonds. The highest BCUT2D eigenvalue weighted by Gasteiger charge is 2.09. The average Bonchev–Trinajstić information content (AvgIpc) is 2.14. The lowest BCUT2D eigenvalue weighted by molar-refractivity contribution is -0.110. The van der Waals surface area contributed by atoms with E-state index >= 15 is 0 Å². The Bertz CT molecular complexity index is 423. The van der Waals surface area contributed by atoms with Crippen molar-refractivity contribution in [1.82, 2.24) is 0 Å². The molecule has 0 atom stereocenters. The summed E-state index contributed by atoms with van der Waals surface area (Å²) in [5, 5.41) is 12.7. The largest absolute Gasteiger partial charge is 0.411 e. The average molecular weight is 279 g/mol. The molecule has 0 fully saturated rings. The van der Waals surface area contributed by atoms with Crippen molar-refractivity contribution < 1.29 is 18.8 Å². The zero-order chi connectivity index (χ0) is 11.4. The van der Waals surface area contributed by atoms with E-state index in [9.17, 15) is 13.6 Å². The monoisotopic (exact) mass is 278 g/mol. The summed E-state index contributed by atoms with van der Waals surface area (Å²) < 4.78 is 25.6. The first-order valence-electron chi connectivity index (χ1n) is 3.67. The molecule has 0 aliphatic heterocycles. The fourth-order valence-corrected chi connectivity index (χ4v) is 1.25. The van der Waals surface area contributed by atoms with E-state index in [-0.39, 0.29) is 10.2 Å². The lowest BCUT2D eigenvalue weighted by atomic mass is 10.3. The number of carbonyl (C=O) groups is 1. The summed E-state index contributed by atoms with van der Waals surface area (Å²) in [4.78, 5) is 10.9. The summed E-state index contributed by atoms with van der Waals surface area (Å²) in [5.41, 5.74) is 0.0406. The van der Waals surface area contributed by atoms with Crippen LogP contribution in [0.1, 0.15) is 0 Å². The number of carbonyl (C=O) groups excluding carboxylic acids is 1. The molecule has 4 nitrogen and oxygen atoms in total. The SMILES string of the molecule is O=C(/C=N/O)Nc1cc(F)c(F)cc1Br. The molecule has 1 rings (SSSR count). The van der Waals surface area contributed by atoms with Gasteiger partial charge in [-0.1, -0.05) is 5.16 Å². The number of rotatable bonds is 2. The predicted molar refractivity (Wildman–Crippen MR) is 53.0 cm³/mol. The molecule has 0 bridgehead atoms. The second kappa shape index (κ2) is 4.83. The topological polar surface area (TPSA) is 61.7 Å². The van der Waals surface area contributed by atoms with E-state index in [2.05, 4.69) is 26.4 Å². The summed E-state index contributed by atoms with van der Waals surface area (Å²) in [6.45, 7) is 0. The quantitative estimate of drug-likeness (QED) is 0.377. The van der Waals surface area contributed by atoms with Crippen LogP contribution in [-0.2, 0) is 4.79 Å². The van der Waals surface area contributed by atoms with Crippen molar-refractivity contribution in [2.75, 3.05) is 5.32 Å². The minimum absolute atomic E-state index is 0.0406. The minimum Gasteiger partial charge on any atom is -0.411 e. The smallest absolute Gasteiger partial charge is 0.270 e. The molecule has 0 aliphatic rings. The second-order valence-corrected chi connectivity index (χ2v) is 3.33. The lowest BCUT2D eigenvalue weighted by Crippen LogP contribution is -2.13. The molecule has 1 aromatic carbocycles. The molecule has 7 heteroatoms. The highest BCUT2D eigenvalue weighted by molar-refractivity contribution is 9.10. The zero-order valence-electron chi connectivity index (χ0n) is 7.17. The number of hydrogen-bond acceptors (Lipinski definition) is 3. The van der Waals surface area contributed by atoms with Crippen LogP contribution >= 0.6 is 15.9 Å². The van der Waals surface area contributed by atoms with Gasteiger partial charge in [0.05, 0.1) is 5.69 Å². The Morgan fingerprint density at radius 3 is 2.67 bits per heavy atom. The van der Waals surface area contributed by atoms with Gasteiger partial charge in [-0.3, -0.25) is 4.79 Å². The Kier molecular flexibility index (Phi) is 3.73. The maximum absolute atomic E-state index is 12.8. The number of oxime groups is 1. The predicted octanol–water partition coefficient (Wildman–Crippen LogP) is 2.13. The van der Waals surface area contributed by atoms with Crippen LogP contribution in [0.2, 0.25) is 0 Å². The van der Waals surface area contributed by atoms with Gasteiger partial charge in [-0.2, -0.15) is 0 Å². The molecule has 1 aromatic rings. The van der Waals surface area contributed by atoms with Crippen LogP contribution in [0.15, 0.2) is 21.8 Å². The normalized spacial score (nSPS) is 10.6. The van der Waals surface area contributed by atoms with E-state index in [0.29, 0.717) is 6.21 Å². The summed E-state index contributed by atoms with van der Waals surface area (Å²) in [6, 6.07) is 1.68. The molecule has 0 aliphatic carbocycles. The van der Waals surface area contributed by atoms with Gasteiger partial charge < -0.3 is 10.5 Å². The van der Waals surface area contributed by atoms with Crippen LogP contribution in [0.3, 0.4) is 0 Å². The molecule has 0 unspecified atom stereocenters. The van der Waals surface area contributed by atoms with Crippen LogP contribution in [0.5, 0.6) is 0 Å². The first-order chi connectivity index (χ1) is 7.04. The van der Waals surface area contributed by atoms with Gasteiger partial charge in [0.2, 0.25) is 0 Å². The van der Waals surface area contributed by atoms with Gasteiger partial charge >= 0.3 is 0 Å². The van der Waals surface area contributed by atoms with E-state index in [1.54, 1.807) is 0 Å². The second-order valence-electron chi connectivity index (χ2n) is 2.48. The summed E-state index contributed by atoms with van der Waals surface area (Å²) >= 11 is 2.93. The number of benzene rings is 1. The maximum Gasteiger partial charge on any atom is 0.270 e. The van der Waals surface area contributed by atoms with E-state index in [0.717, 1.165) is 12.1 Å². The van der Waals surface area contributed by atoms with Gasteiger partial charge in [-0.15, -0.1) is 0 Å². The van der Waals surface area contributed by atoms with Crippen LogP contribution in [-0.4, -0.2) is 17.3 Å². The number of anilines is 1. The molecule has 0 saturated heterocycles. The molecule has 80 valence electrons. The molecule has 0 aromatic heterocycles. The Morgan fingerprint density at radius 1 is 1.47 bits per heavy atom. The third kappa shape index (κ3) is 2.98. The number of nitrogens with one attached hydrogen (secondary N) is 1. The van der Waals surface area contributed by atoms with E-state index < -0.39 is 17.5 Å². The highest BCUT2D eigenvalue weighted by Crippen LogP contribution is 2.24. The molecule has 0 radical (unpaired) electrons. The summed E-state index contributed by atoms with van der Waals surface area (Å²) in [7, 11) is 0. The molecule has 0 heterocycles. The molecule has 0 saturated carbocycles. The Labute approximate surface area is 91.7 Å². The van der Waals surface area contributed by atoms with Crippen molar-refractivity contribution in [3.8, 4) is 0 Å². The summed E-state index contributed by atoms with van der Waals surface area (Å²) in [5.74, 6) is -2.88. The van der Waals surface area contributed by atoms with Gasteiger partial charge in [0, 0.05) is 10.5 Å². The van der Waals surface area contributed by atoms with Crippen molar-refractivity contribution in [2.24, 2.45) is 5.16 Å². The van der Waals surface area contributed by atoms with Crippen molar-refractivity contribution in [2.45, 2.75) is 0 Å². The maximum atomic E-state index is 12.8. The minimum atomic E-state index is -1.09. The van der Waals surface area contributed by atoms with Gasteiger partial charge in [-0.25, -0.2) is 8.78 Å². The van der Waals surface area contributed by atoms with Crippen molar-refractivity contribution in [1.29, 1.82) is 0 Å². The van der Waals surface area contributed by atoms with Gasteiger partial charge in [0.25, 0.3) is 5.91 Å². The van der Waals surface area contributed by atoms with Crippen LogP contribution in [0, 0.1) is 11.6 Å². The fraction of sp³-hybridized carbons (Fsp3) is 0. The molecule has 0 spiro atoms. The van der Waals surface area contributed by atoms with Crippen molar-refractivity contribution >= 4 is 33.7 Å². The molecular weight excluding hydrogens is 274 g/mol. The summed E-state index contributed by atoms with van der Waals surface area (Å²) in [6.07, 6.45) is 0.591. The fourth-order valence-electron chi connectivity index (χ4n) is 0.836. The lowest BCUT2D eigenvalue weighted by Gasteiger charge is -2.05. The number of hydrogen-bond donors (Lipinski definition) is 2. The Hall–Kier alpha value is -1.50. The van der Waals surface area contributed by atoms with Crippen molar-refractivity contribution in [3.05, 3.63) is 28.2 Å². The van der Waals surface area contributed by atoms with Crippen LogP contribution in [0.4, 0.5) is 14.5 Å². The first kappa shape index (κ1) is 11.6. The van der Waals surface area contributed by atoms with Crippen LogP contribution in [0.25, 0.3) is 0 Å². The van der Waals surface area contributed by atoms with Crippen molar-refractivity contribution in [3.63, 3.8) is 0 Å². The number of amides is 1. The number of nitrogens with zero attached hydrogens (tertiary/aromatic N) is 1.